The summed E-state index contributed by atoms with van der Waals surface area (Å²) in [6.07, 6.45) is 3.24. The molecule has 0 unspecified atom stereocenters. The first-order valence-corrected chi connectivity index (χ1v) is 9.70. The van der Waals surface area contributed by atoms with Crippen LogP contribution >= 0.6 is 23.2 Å². The lowest BCUT2D eigenvalue weighted by Crippen LogP contribution is -2.05. The highest BCUT2D eigenvalue weighted by atomic mass is 35.5. The third kappa shape index (κ3) is 4.10. The zero-order chi connectivity index (χ0) is 21.3. The Morgan fingerprint density at radius 2 is 1.83 bits per heavy atom. The topological polar surface area (TPSA) is 64.3 Å². The second-order valence-corrected chi connectivity index (χ2v) is 7.49. The maximum atomic E-state index is 14.1. The Balaban J connectivity index is 1.64. The third-order valence-corrected chi connectivity index (χ3v) is 5.13. The van der Waals surface area contributed by atoms with E-state index < -0.39 is 11.8 Å². The number of carboxylic acids is 1. The Morgan fingerprint density at radius 3 is 2.60 bits per heavy atom. The summed E-state index contributed by atoms with van der Waals surface area (Å²) in [6, 6.07) is 13.1. The van der Waals surface area contributed by atoms with Crippen molar-refractivity contribution in [2.45, 2.75) is 13.2 Å². The standard InChI is InChI=1S/C22H15Cl2FN2O3/c23-15-3-4-20(30-12-13-1-2-16(24)10-18(13)25)14(9-15)11-27-8-6-17-19(27)5-7-26-21(17)22(28)29/h1-10H,11-12H2,(H,28,29). The Bertz CT molecular complexity index is 1260. The molecule has 0 aliphatic rings. The number of ether oxygens (including phenoxy) is 1. The monoisotopic (exact) mass is 444 g/mol. The number of pyridine rings is 1. The quantitative estimate of drug-likeness (QED) is 0.407. The van der Waals surface area contributed by atoms with E-state index in [1.807, 2.05) is 4.57 Å². The summed E-state index contributed by atoms with van der Waals surface area (Å²) in [6.45, 7) is 0.405. The molecule has 4 aromatic rings. The van der Waals surface area contributed by atoms with Gasteiger partial charge in [0.1, 0.15) is 18.2 Å². The molecule has 0 bridgehead atoms. The molecule has 30 heavy (non-hydrogen) atoms. The van der Waals surface area contributed by atoms with Crippen molar-refractivity contribution in [2.75, 3.05) is 0 Å². The van der Waals surface area contributed by atoms with E-state index in [9.17, 15) is 14.3 Å². The summed E-state index contributed by atoms with van der Waals surface area (Å²) in [7, 11) is 0. The maximum absolute atomic E-state index is 14.1. The highest BCUT2D eigenvalue weighted by molar-refractivity contribution is 6.30. The smallest absolute Gasteiger partial charge is 0.355 e. The lowest BCUT2D eigenvalue weighted by Gasteiger charge is -2.14. The number of hydrogen-bond acceptors (Lipinski definition) is 3. The number of carbonyl (C=O) groups is 1. The molecule has 8 heteroatoms. The van der Waals surface area contributed by atoms with Crippen LogP contribution in [0.1, 0.15) is 21.6 Å². The number of carboxylic acid groups (broad SMARTS) is 1. The third-order valence-electron chi connectivity index (χ3n) is 4.66. The number of rotatable bonds is 6. The fourth-order valence-electron chi connectivity index (χ4n) is 3.22. The molecule has 1 N–H and O–H groups in total. The number of aromatic nitrogens is 2. The summed E-state index contributed by atoms with van der Waals surface area (Å²) >= 11 is 12.0. The van der Waals surface area contributed by atoms with Crippen molar-refractivity contribution in [3.05, 3.63) is 93.6 Å². The van der Waals surface area contributed by atoms with Crippen molar-refractivity contribution in [2.24, 2.45) is 0 Å². The predicted octanol–water partition coefficient (Wildman–Crippen LogP) is 5.81. The van der Waals surface area contributed by atoms with Gasteiger partial charge in [0.05, 0.1) is 12.1 Å². The van der Waals surface area contributed by atoms with Gasteiger partial charge < -0.3 is 14.4 Å². The van der Waals surface area contributed by atoms with Crippen molar-refractivity contribution in [3.63, 3.8) is 0 Å². The molecule has 5 nitrogen and oxygen atoms in total. The second-order valence-electron chi connectivity index (χ2n) is 6.62. The van der Waals surface area contributed by atoms with E-state index in [-0.39, 0.29) is 12.3 Å². The summed E-state index contributed by atoms with van der Waals surface area (Å²) in [5.74, 6) is -0.985. The number of nitrogens with zero attached hydrogens (tertiary/aromatic N) is 2. The summed E-state index contributed by atoms with van der Waals surface area (Å²) in [4.78, 5) is 15.3. The molecule has 2 heterocycles. The van der Waals surface area contributed by atoms with E-state index in [1.165, 1.54) is 12.3 Å². The average Bonchev–Trinajstić information content (AvgIpc) is 3.11. The van der Waals surface area contributed by atoms with Crippen LogP contribution in [-0.2, 0) is 13.2 Å². The predicted molar refractivity (Wildman–Crippen MR) is 113 cm³/mol. The van der Waals surface area contributed by atoms with E-state index in [4.69, 9.17) is 27.9 Å². The van der Waals surface area contributed by atoms with Gasteiger partial charge in [-0.2, -0.15) is 0 Å². The van der Waals surface area contributed by atoms with Gasteiger partial charge in [0, 0.05) is 39.0 Å². The minimum absolute atomic E-state index is 0.00738. The minimum atomic E-state index is -1.09. The van der Waals surface area contributed by atoms with E-state index in [1.54, 1.807) is 48.7 Å². The van der Waals surface area contributed by atoms with Gasteiger partial charge in [0.15, 0.2) is 5.69 Å². The molecule has 2 aromatic heterocycles. The SMILES string of the molecule is O=C(O)c1nccc2c1ccn2Cc1cc(Cl)ccc1OCc1ccc(Cl)cc1F. The molecule has 0 radical (unpaired) electrons. The van der Waals surface area contributed by atoms with Crippen LogP contribution in [0.3, 0.4) is 0 Å². The van der Waals surface area contributed by atoms with Gasteiger partial charge in [-0.15, -0.1) is 0 Å². The maximum Gasteiger partial charge on any atom is 0.355 e. The van der Waals surface area contributed by atoms with Gasteiger partial charge in [0.2, 0.25) is 0 Å². The zero-order valence-electron chi connectivity index (χ0n) is 15.5. The van der Waals surface area contributed by atoms with Crippen LogP contribution in [0.25, 0.3) is 10.9 Å². The first-order chi connectivity index (χ1) is 14.4. The molecule has 0 saturated carbocycles. The molecular formula is C22H15Cl2FN2O3. The van der Waals surface area contributed by atoms with Gasteiger partial charge in [-0.25, -0.2) is 14.2 Å². The van der Waals surface area contributed by atoms with Gasteiger partial charge in [0.25, 0.3) is 0 Å². The fourth-order valence-corrected chi connectivity index (χ4v) is 3.57. The number of hydrogen-bond donors (Lipinski definition) is 1. The molecular weight excluding hydrogens is 430 g/mol. The Kier molecular flexibility index (Phi) is 5.61. The van der Waals surface area contributed by atoms with Crippen LogP contribution in [0.15, 0.2) is 60.9 Å². The van der Waals surface area contributed by atoms with E-state index in [0.717, 1.165) is 11.1 Å². The number of halogens is 3. The van der Waals surface area contributed by atoms with Crippen LogP contribution in [0, 0.1) is 5.82 Å². The number of aromatic carboxylic acids is 1. The van der Waals surface area contributed by atoms with E-state index in [2.05, 4.69) is 4.98 Å². The average molecular weight is 445 g/mol. The Labute approximate surface area is 181 Å². The first-order valence-electron chi connectivity index (χ1n) is 8.94. The van der Waals surface area contributed by atoms with Gasteiger partial charge in [-0.3, -0.25) is 0 Å². The van der Waals surface area contributed by atoms with E-state index in [0.29, 0.717) is 33.3 Å². The van der Waals surface area contributed by atoms with Crippen LogP contribution in [-0.4, -0.2) is 20.6 Å². The molecule has 0 aliphatic carbocycles. The number of fused-ring (bicyclic) bond motifs is 1. The lowest BCUT2D eigenvalue weighted by atomic mass is 10.2. The fraction of sp³-hybridized carbons (Fsp3) is 0.0909. The summed E-state index contributed by atoms with van der Waals surface area (Å²) in [5.41, 5.74) is 1.86. The molecule has 0 spiro atoms. The summed E-state index contributed by atoms with van der Waals surface area (Å²) < 4.78 is 21.8. The summed E-state index contributed by atoms with van der Waals surface area (Å²) in [5, 5.41) is 10.7. The second kappa shape index (κ2) is 8.34. The zero-order valence-corrected chi connectivity index (χ0v) is 17.0. The van der Waals surface area contributed by atoms with Crippen LogP contribution < -0.4 is 4.74 Å². The lowest BCUT2D eigenvalue weighted by molar-refractivity contribution is 0.0693. The molecule has 0 amide bonds. The van der Waals surface area contributed by atoms with Crippen molar-refractivity contribution in [3.8, 4) is 5.75 Å². The number of benzene rings is 2. The van der Waals surface area contributed by atoms with Crippen molar-refractivity contribution in [1.82, 2.24) is 9.55 Å². The van der Waals surface area contributed by atoms with Crippen LogP contribution in [0.4, 0.5) is 4.39 Å². The van der Waals surface area contributed by atoms with Crippen molar-refractivity contribution in [1.29, 1.82) is 0 Å². The van der Waals surface area contributed by atoms with Crippen LogP contribution in [0.2, 0.25) is 10.0 Å². The van der Waals surface area contributed by atoms with Crippen LogP contribution in [0.5, 0.6) is 5.75 Å². The molecule has 0 atom stereocenters. The van der Waals surface area contributed by atoms with E-state index >= 15 is 0 Å². The van der Waals surface area contributed by atoms with Gasteiger partial charge in [-0.1, -0.05) is 29.3 Å². The Morgan fingerprint density at radius 1 is 1.07 bits per heavy atom. The molecule has 0 fully saturated rings. The Hall–Kier alpha value is -3.09. The molecule has 152 valence electrons. The minimum Gasteiger partial charge on any atom is -0.488 e. The largest absolute Gasteiger partial charge is 0.488 e. The molecule has 0 saturated heterocycles. The highest BCUT2D eigenvalue weighted by Gasteiger charge is 2.14. The highest BCUT2D eigenvalue weighted by Crippen LogP contribution is 2.28. The first kappa shape index (κ1) is 20.2. The normalized spacial score (nSPS) is 11.0. The van der Waals surface area contributed by atoms with Gasteiger partial charge >= 0.3 is 5.97 Å². The molecule has 0 aliphatic heterocycles. The molecule has 4 rings (SSSR count). The molecule has 2 aromatic carbocycles. The van der Waals surface area contributed by atoms with Crippen molar-refractivity contribution >= 4 is 40.1 Å². The van der Waals surface area contributed by atoms with Gasteiger partial charge in [-0.05, 0) is 42.5 Å². The van der Waals surface area contributed by atoms with Crippen molar-refractivity contribution < 1.29 is 19.0 Å².